The average Bonchev–Trinajstić information content (AvgIpc) is 2.79. The Morgan fingerprint density at radius 1 is 1.03 bits per heavy atom. The number of aliphatic carboxylic acids is 1. The fourth-order valence-corrected chi connectivity index (χ4v) is 3.87. The number of aromatic nitrogens is 1. The first kappa shape index (κ1) is 28.1. The summed E-state index contributed by atoms with van der Waals surface area (Å²) < 4.78 is 59.2. The number of carbonyl (C=O) groups is 2. The summed E-state index contributed by atoms with van der Waals surface area (Å²) in [5.74, 6) is -3.70. The molecule has 0 saturated carbocycles. The van der Waals surface area contributed by atoms with Crippen molar-refractivity contribution in [1.82, 2.24) is 4.98 Å². The number of pyridine rings is 1. The number of nitrogens with zero attached hydrogens (tertiary/aromatic N) is 2. The molecular formula is C23H22F3N3O6S. The van der Waals surface area contributed by atoms with Gasteiger partial charge in [-0.05, 0) is 30.7 Å². The predicted octanol–water partition coefficient (Wildman–Crippen LogP) is 4.16. The summed E-state index contributed by atoms with van der Waals surface area (Å²) in [6.07, 6.45) is -3.77. The van der Waals surface area contributed by atoms with Gasteiger partial charge in [0, 0.05) is 13.6 Å². The highest BCUT2D eigenvalue weighted by Crippen LogP contribution is 2.24. The summed E-state index contributed by atoms with van der Waals surface area (Å²) in [4.78, 5) is 26.7. The molecule has 0 unspecified atom stereocenters. The zero-order chi connectivity index (χ0) is 27.1. The monoisotopic (exact) mass is 525 g/mol. The lowest BCUT2D eigenvalue weighted by atomic mass is 10.2. The van der Waals surface area contributed by atoms with Crippen molar-refractivity contribution in [3.63, 3.8) is 0 Å². The van der Waals surface area contributed by atoms with Gasteiger partial charge in [-0.3, -0.25) is 4.72 Å². The summed E-state index contributed by atoms with van der Waals surface area (Å²) in [6, 6.07) is 17.2. The molecule has 192 valence electrons. The molecule has 13 heteroatoms. The number of sulfonamides is 1. The van der Waals surface area contributed by atoms with Crippen molar-refractivity contribution >= 4 is 33.5 Å². The van der Waals surface area contributed by atoms with E-state index in [4.69, 9.17) is 9.90 Å². The molecule has 0 aliphatic carbocycles. The Morgan fingerprint density at radius 3 is 2.08 bits per heavy atom. The number of aromatic carboxylic acids is 1. The quantitative estimate of drug-likeness (QED) is 0.418. The largest absolute Gasteiger partial charge is 0.490 e. The van der Waals surface area contributed by atoms with Gasteiger partial charge in [0.15, 0.2) is 0 Å². The van der Waals surface area contributed by atoms with Crippen molar-refractivity contribution < 1.29 is 41.4 Å². The van der Waals surface area contributed by atoms with E-state index in [9.17, 15) is 31.5 Å². The summed E-state index contributed by atoms with van der Waals surface area (Å²) in [6.45, 7) is 2.32. The van der Waals surface area contributed by atoms with Crippen LogP contribution in [0.15, 0.2) is 71.8 Å². The van der Waals surface area contributed by atoms with Gasteiger partial charge in [0.05, 0.1) is 16.8 Å². The number of anilines is 2. The van der Waals surface area contributed by atoms with Crippen molar-refractivity contribution in [3.8, 4) is 0 Å². The van der Waals surface area contributed by atoms with Crippen LogP contribution in [0.4, 0.5) is 24.7 Å². The highest BCUT2D eigenvalue weighted by atomic mass is 32.2. The van der Waals surface area contributed by atoms with E-state index < -0.39 is 28.1 Å². The topological polar surface area (TPSA) is 137 Å². The van der Waals surface area contributed by atoms with E-state index in [1.165, 1.54) is 24.4 Å². The third kappa shape index (κ3) is 7.98. The molecule has 36 heavy (non-hydrogen) atoms. The van der Waals surface area contributed by atoms with Gasteiger partial charge in [0.2, 0.25) is 0 Å². The number of alkyl halides is 3. The lowest BCUT2D eigenvalue weighted by molar-refractivity contribution is -0.192. The first-order chi connectivity index (χ1) is 16.7. The van der Waals surface area contributed by atoms with Crippen LogP contribution >= 0.6 is 0 Å². The fourth-order valence-electron chi connectivity index (χ4n) is 2.84. The average molecular weight is 526 g/mol. The maximum absolute atomic E-state index is 12.6. The van der Waals surface area contributed by atoms with Crippen molar-refractivity contribution in [2.75, 3.05) is 16.7 Å². The lowest BCUT2D eigenvalue weighted by Crippen LogP contribution is -2.21. The highest BCUT2D eigenvalue weighted by molar-refractivity contribution is 7.92. The third-order valence-corrected chi connectivity index (χ3v) is 5.94. The zero-order valence-corrected chi connectivity index (χ0v) is 19.8. The SMILES string of the molecule is Cc1ccc(S(=O)(=O)Nc2cnc(N(C)Cc3ccccc3)c(C(=O)O)c2)cc1.O=C(O)C(F)(F)F. The first-order valence-corrected chi connectivity index (χ1v) is 11.6. The van der Waals surface area contributed by atoms with Gasteiger partial charge in [0.25, 0.3) is 10.0 Å². The molecule has 1 aromatic heterocycles. The summed E-state index contributed by atoms with van der Waals surface area (Å²) in [5.41, 5.74) is 1.93. The molecule has 9 nitrogen and oxygen atoms in total. The number of carboxylic acid groups (broad SMARTS) is 2. The number of benzene rings is 2. The molecule has 1 heterocycles. The summed E-state index contributed by atoms with van der Waals surface area (Å²) >= 11 is 0. The van der Waals surface area contributed by atoms with Crippen LogP contribution in [0.1, 0.15) is 21.5 Å². The molecule has 0 atom stereocenters. The molecule has 0 amide bonds. The molecule has 0 radical (unpaired) electrons. The molecule has 3 aromatic rings. The minimum Gasteiger partial charge on any atom is -0.478 e. The number of halogens is 3. The van der Waals surface area contributed by atoms with Crippen LogP contribution in [-0.4, -0.2) is 48.8 Å². The summed E-state index contributed by atoms with van der Waals surface area (Å²) in [7, 11) is -2.12. The van der Waals surface area contributed by atoms with E-state index in [2.05, 4.69) is 9.71 Å². The number of rotatable bonds is 7. The molecule has 0 aliphatic rings. The van der Waals surface area contributed by atoms with Crippen molar-refractivity contribution in [2.24, 2.45) is 0 Å². The Labute approximate surface area is 204 Å². The maximum atomic E-state index is 12.6. The Hall–Kier alpha value is -4.13. The molecule has 0 saturated heterocycles. The lowest BCUT2D eigenvalue weighted by Gasteiger charge is -2.20. The highest BCUT2D eigenvalue weighted by Gasteiger charge is 2.38. The van der Waals surface area contributed by atoms with Crippen molar-refractivity contribution in [2.45, 2.75) is 24.5 Å². The van der Waals surface area contributed by atoms with Crippen LogP contribution in [0.3, 0.4) is 0 Å². The van der Waals surface area contributed by atoms with Crippen LogP contribution in [-0.2, 0) is 21.4 Å². The van der Waals surface area contributed by atoms with E-state index in [-0.39, 0.29) is 22.0 Å². The molecule has 0 spiro atoms. The second-order valence-electron chi connectivity index (χ2n) is 7.46. The van der Waals surface area contributed by atoms with Crippen LogP contribution in [0.5, 0.6) is 0 Å². The minimum absolute atomic E-state index is 0.0832. The van der Waals surface area contributed by atoms with E-state index in [1.54, 1.807) is 24.1 Å². The third-order valence-electron chi connectivity index (χ3n) is 4.55. The van der Waals surface area contributed by atoms with Gasteiger partial charge in [-0.2, -0.15) is 13.2 Å². The van der Waals surface area contributed by atoms with Crippen LogP contribution in [0, 0.1) is 6.92 Å². The summed E-state index contributed by atoms with van der Waals surface area (Å²) in [5, 5.41) is 16.7. The van der Waals surface area contributed by atoms with Gasteiger partial charge in [0.1, 0.15) is 11.4 Å². The second kappa shape index (κ2) is 11.5. The molecule has 0 bridgehead atoms. The van der Waals surface area contributed by atoms with Gasteiger partial charge in [-0.1, -0.05) is 48.0 Å². The van der Waals surface area contributed by atoms with Crippen LogP contribution in [0.25, 0.3) is 0 Å². The minimum atomic E-state index is -5.08. The Kier molecular flexibility index (Phi) is 9.00. The van der Waals surface area contributed by atoms with Crippen LogP contribution < -0.4 is 9.62 Å². The van der Waals surface area contributed by atoms with Gasteiger partial charge in [-0.15, -0.1) is 0 Å². The number of carboxylic acids is 2. The Bertz CT molecular complexity index is 1320. The smallest absolute Gasteiger partial charge is 0.478 e. The van der Waals surface area contributed by atoms with E-state index in [1.807, 2.05) is 37.3 Å². The van der Waals surface area contributed by atoms with Crippen molar-refractivity contribution in [1.29, 1.82) is 0 Å². The van der Waals surface area contributed by atoms with E-state index in [0.717, 1.165) is 11.1 Å². The molecule has 3 N–H and O–H groups in total. The van der Waals surface area contributed by atoms with Gasteiger partial charge in [-0.25, -0.2) is 23.0 Å². The van der Waals surface area contributed by atoms with E-state index in [0.29, 0.717) is 6.54 Å². The Balaban J connectivity index is 0.000000572. The number of hydrogen-bond acceptors (Lipinski definition) is 6. The number of nitrogens with one attached hydrogen (secondary N) is 1. The molecular weight excluding hydrogens is 503 g/mol. The van der Waals surface area contributed by atoms with Crippen molar-refractivity contribution in [3.05, 3.63) is 83.6 Å². The first-order valence-electron chi connectivity index (χ1n) is 10.1. The molecule has 0 aliphatic heterocycles. The molecule has 2 aromatic carbocycles. The zero-order valence-electron chi connectivity index (χ0n) is 19.0. The van der Waals surface area contributed by atoms with Gasteiger partial charge < -0.3 is 15.1 Å². The van der Waals surface area contributed by atoms with Gasteiger partial charge >= 0.3 is 18.1 Å². The standard InChI is InChI=1S/C21H21N3O4S.C2HF3O2/c1-15-8-10-18(11-9-15)29(27,28)23-17-12-19(21(25)26)20(22-13-17)24(2)14-16-6-4-3-5-7-16;3-2(4,5)1(6)7/h3-13,23H,14H2,1-2H3,(H,25,26);(H,6,7). The van der Waals surface area contributed by atoms with Crippen LogP contribution in [0.2, 0.25) is 0 Å². The number of aryl methyl sites for hydroxylation is 1. The number of hydrogen-bond donors (Lipinski definition) is 3. The normalized spacial score (nSPS) is 11.1. The molecule has 0 fully saturated rings. The molecule has 3 rings (SSSR count). The fraction of sp³-hybridized carbons (Fsp3) is 0.174. The predicted molar refractivity (Wildman–Crippen MR) is 125 cm³/mol. The Morgan fingerprint density at radius 2 is 1.58 bits per heavy atom. The van der Waals surface area contributed by atoms with E-state index >= 15 is 0 Å². The maximum Gasteiger partial charge on any atom is 0.490 e. The second-order valence-corrected chi connectivity index (χ2v) is 9.15.